The molecule has 0 aliphatic rings. The lowest BCUT2D eigenvalue weighted by Gasteiger charge is -2.18. The van der Waals surface area contributed by atoms with Crippen LogP contribution in [0.5, 0.6) is 0 Å². The molecule has 0 fully saturated rings. The fraction of sp³-hybridized carbons (Fsp3) is 0.500. The summed E-state index contributed by atoms with van der Waals surface area (Å²) in [6, 6.07) is 0. The summed E-state index contributed by atoms with van der Waals surface area (Å²) >= 11 is 0. The summed E-state index contributed by atoms with van der Waals surface area (Å²) in [6.45, 7) is 0. The van der Waals surface area contributed by atoms with Crippen LogP contribution < -0.4 is 12.3 Å². The third-order valence-corrected chi connectivity index (χ3v) is 2.05. The molecule has 0 amide bonds. The summed E-state index contributed by atoms with van der Waals surface area (Å²) in [5.41, 5.74) is -2.74. The van der Waals surface area contributed by atoms with E-state index < -0.39 is 57.1 Å². The molecule has 0 aliphatic carbocycles. The highest BCUT2D eigenvalue weighted by molar-refractivity contribution is 7.83. The van der Waals surface area contributed by atoms with Gasteiger partial charge in [-0.2, -0.15) is 16.8 Å². The average Bonchev–Trinajstić information content (AvgIpc) is 2.22. The van der Waals surface area contributed by atoms with Gasteiger partial charge < -0.3 is 32.7 Å². The summed E-state index contributed by atoms with van der Waals surface area (Å²) in [7, 11) is -10.0. The van der Waals surface area contributed by atoms with Crippen molar-refractivity contribution in [3.8, 4) is 0 Å². The first-order valence-electron chi connectivity index (χ1n) is 4.70. The van der Waals surface area contributed by atoms with Crippen LogP contribution in [0.25, 0.3) is 0 Å². The zero-order valence-corrected chi connectivity index (χ0v) is 13.6. The molecule has 0 spiro atoms. The van der Waals surface area contributed by atoms with Crippen LogP contribution in [0.2, 0.25) is 0 Å². The second-order valence-corrected chi connectivity index (χ2v) is 5.45. The molecule has 0 aromatic heterocycles. The first-order chi connectivity index (χ1) is 9.98. The van der Waals surface area contributed by atoms with Crippen LogP contribution in [-0.4, -0.2) is 69.9 Å². The minimum Gasteiger partial charge on any atom is -0.481 e. The van der Waals surface area contributed by atoms with E-state index in [0.717, 1.165) is 0 Å². The second kappa shape index (κ2) is 11.6. The van der Waals surface area contributed by atoms with Gasteiger partial charge in [0, 0.05) is 0 Å². The largest absolute Gasteiger partial charge is 0.481 e. The lowest BCUT2D eigenvalue weighted by atomic mass is 9.96. The summed E-state index contributed by atoms with van der Waals surface area (Å²) in [5.74, 6) is -5.02. The first-order valence-corrected chi connectivity index (χ1v) is 7.43. The molecule has 12 N–H and O–H groups in total. The first kappa shape index (κ1) is 30.9. The molecule has 0 unspecified atom stereocenters. The van der Waals surface area contributed by atoms with Crippen molar-refractivity contribution in [1.82, 2.24) is 12.3 Å². The lowest BCUT2D eigenvalue weighted by Crippen LogP contribution is -2.42. The molecule has 0 saturated heterocycles. The van der Waals surface area contributed by atoms with Crippen LogP contribution in [0, 0.1) is 0 Å². The maximum atomic E-state index is 10.3. The number of carboxylic acids is 3. The van der Waals surface area contributed by atoms with E-state index in [1.54, 1.807) is 0 Å². The molecule has 0 atom stereocenters. The molecule has 0 saturated carbocycles. The van der Waals surface area contributed by atoms with E-state index in [9.17, 15) is 31.2 Å². The predicted octanol–water partition coefficient (Wildman–Crippen LogP) is -2.38. The molecular weight excluding hydrogens is 404 g/mol. The Hall–Kier alpha value is -1.97. The Balaban J connectivity index is -0.000000168. The Kier molecular flexibility index (Phi) is 14.3. The number of rotatable bonds is 8. The molecule has 152 valence electrons. The molecular formula is C6H16N2O15S2. The van der Waals surface area contributed by atoms with Gasteiger partial charge in [-0.05, 0) is 0 Å². The van der Waals surface area contributed by atoms with Crippen LogP contribution in [-0.2, 0) is 43.8 Å². The van der Waals surface area contributed by atoms with Crippen molar-refractivity contribution in [2.24, 2.45) is 0 Å². The van der Waals surface area contributed by atoms with Crippen LogP contribution in [0.3, 0.4) is 0 Å². The highest BCUT2D eigenvalue weighted by atomic mass is 32.3. The third-order valence-electron chi connectivity index (χ3n) is 1.49. The van der Waals surface area contributed by atoms with Gasteiger partial charge in [0.1, 0.15) is 0 Å². The minimum absolute atomic E-state index is 0. The van der Waals surface area contributed by atoms with Crippen molar-refractivity contribution in [2.45, 2.75) is 18.4 Å². The van der Waals surface area contributed by atoms with Gasteiger partial charge in [0.05, 0.1) is 12.8 Å². The van der Waals surface area contributed by atoms with Crippen LogP contribution in [0.15, 0.2) is 0 Å². The summed E-state index contributed by atoms with van der Waals surface area (Å²) in [6.07, 6.45) is -2.29. The molecule has 25 heavy (non-hydrogen) atoms. The van der Waals surface area contributed by atoms with Crippen molar-refractivity contribution in [2.75, 3.05) is 0 Å². The average molecular weight is 420 g/mol. The van der Waals surface area contributed by atoms with Crippen molar-refractivity contribution in [1.29, 1.82) is 0 Å². The Labute approximate surface area is 139 Å². The standard InChI is InChI=1S/C6H8O7.2H3N.H2O8S2/c7-3(8)1-6(13,5(11)12)2-4(9)10;;;1-9(2,3)7-8-10(4,5)6/h13H,1-2H2,(H,7,8)(H,9,10)(H,11,12);2*1H3;(H,1,2,3)(H,4,5,6). The Bertz CT molecular complexity index is 604. The van der Waals surface area contributed by atoms with Gasteiger partial charge in [0.15, 0.2) is 5.60 Å². The van der Waals surface area contributed by atoms with Gasteiger partial charge in [0.2, 0.25) is 0 Å². The van der Waals surface area contributed by atoms with E-state index in [-0.39, 0.29) is 12.3 Å². The molecule has 17 nitrogen and oxygen atoms in total. The molecule has 0 bridgehead atoms. The smallest absolute Gasteiger partial charge is 0.425 e. The van der Waals surface area contributed by atoms with Crippen molar-refractivity contribution in [3.63, 3.8) is 0 Å². The van der Waals surface area contributed by atoms with E-state index in [1.807, 2.05) is 0 Å². The highest BCUT2D eigenvalue weighted by Gasteiger charge is 2.40. The molecule has 0 aliphatic heterocycles. The fourth-order valence-corrected chi connectivity index (χ4v) is 1.35. The van der Waals surface area contributed by atoms with Gasteiger partial charge in [-0.25, -0.2) is 4.79 Å². The van der Waals surface area contributed by atoms with Gasteiger partial charge in [-0.15, -0.1) is 0 Å². The molecule has 19 heteroatoms. The Morgan fingerprint density at radius 3 is 1.12 bits per heavy atom. The molecule has 0 aromatic carbocycles. The molecule has 0 radical (unpaired) electrons. The lowest BCUT2D eigenvalue weighted by molar-refractivity contribution is -0.170. The van der Waals surface area contributed by atoms with Crippen LogP contribution in [0.1, 0.15) is 12.8 Å². The minimum atomic E-state index is -5.02. The number of hydrogen-bond acceptors (Lipinski definition) is 12. The van der Waals surface area contributed by atoms with Gasteiger partial charge in [-0.3, -0.25) is 18.7 Å². The maximum absolute atomic E-state index is 10.3. The van der Waals surface area contributed by atoms with E-state index >= 15 is 0 Å². The Morgan fingerprint density at radius 2 is 1.00 bits per heavy atom. The fourth-order valence-electron chi connectivity index (χ4n) is 0.784. The number of carboxylic acid groups (broad SMARTS) is 3. The molecule has 0 aromatic rings. The number of aliphatic hydroxyl groups is 1. The quantitative estimate of drug-likeness (QED) is 0.115. The van der Waals surface area contributed by atoms with E-state index in [2.05, 4.69) is 8.67 Å². The van der Waals surface area contributed by atoms with Crippen molar-refractivity contribution < 1.29 is 69.4 Å². The van der Waals surface area contributed by atoms with E-state index in [4.69, 9.17) is 29.5 Å². The molecule has 0 heterocycles. The van der Waals surface area contributed by atoms with Crippen LogP contribution in [0.4, 0.5) is 0 Å². The zero-order valence-electron chi connectivity index (χ0n) is 12.0. The van der Waals surface area contributed by atoms with Gasteiger partial charge in [0.25, 0.3) is 0 Å². The number of aliphatic carboxylic acids is 3. The SMILES string of the molecule is N.N.O=C(O)CC(O)(CC(=O)O)C(=O)O.O=S(=O)(O)OOS(=O)(=O)O. The Morgan fingerprint density at radius 1 is 0.760 bits per heavy atom. The number of hydrogen-bond donors (Lipinski definition) is 8. The van der Waals surface area contributed by atoms with E-state index in [0.29, 0.717) is 0 Å². The van der Waals surface area contributed by atoms with Crippen molar-refractivity contribution in [3.05, 3.63) is 0 Å². The van der Waals surface area contributed by atoms with Crippen LogP contribution >= 0.6 is 0 Å². The molecule has 0 rings (SSSR count). The zero-order chi connectivity index (χ0) is 19.1. The normalized spacial score (nSPS) is 11.0. The van der Waals surface area contributed by atoms with E-state index in [1.165, 1.54) is 0 Å². The predicted molar refractivity (Wildman–Crippen MR) is 72.4 cm³/mol. The van der Waals surface area contributed by atoms with Crippen molar-refractivity contribution >= 4 is 38.7 Å². The van der Waals surface area contributed by atoms with Gasteiger partial charge in [-0.1, -0.05) is 8.67 Å². The highest BCUT2D eigenvalue weighted by Crippen LogP contribution is 2.15. The summed E-state index contributed by atoms with van der Waals surface area (Å²) in [4.78, 5) is 30.5. The summed E-state index contributed by atoms with van der Waals surface area (Å²) in [5, 5.41) is 33.8. The second-order valence-electron chi connectivity index (χ2n) is 3.47. The monoisotopic (exact) mass is 420 g/mol. The number of carbonyl (C=O) groups is 3. The summed E-state index contributed by atoms with van der Waals surface area (Å²) < 4.78 is 58.9. The van der Waals surface area contributed by atoms with Gasteiger partial charge >= 0.3 is 38.7 Å². The topological polar surface area (TPSA) is 329 Å². The maximum Gasteiger partial charge on any atom is 0.425 e. The third kappa shape index (κ3) is 20.0.